The highest BCUT2D eigenvalue weighted by Gasteiger charge is 2.55. The minimum atomic E-state index is -1.29. The number of amides is 1. The van der Waals surface area contributed by atoms with Crippen LogP contribution in [-0.4, -0.2) is 56.9 Å². The fourth-order valence-electron chi connectivity index (χ4n) is 4.34. The zero-order chi connectivity index (χ0) is 19.8. The minimum absolute atomic E-state index is 0.139. The van der Waals surface area contributed by atoms with Crippen LogP contribution in [0.3, 0.4) is 0 Å². The van der Waals surface area contributed by atoms with E-state index in [1.165, 1.54) is 12.1 Å². The largest absolute Gasteiger partial charge is 0.369 e. The van der Waals surface area contributed by atoms with Gasteiger partial charge in [0.25, 0.3) is 11.7 Å². The summed E-state index contributed by atoms with van der Waals surface area (Å²) in [4.78, 5) is 19.6. The molecule has 1 spiro atoms. The Labute approximate surface area is 169 Å². The average molecular weight is 397 g/mol. The highest BCUT2D eigenvalue weighted by molar-refractivity contribution is 6.06. The van der Waals surface area contributed by atoms with Crippen molar-refractivity contribution in [1.29, 1.82) is 0 Å². The molecular formula is C22H24FN3O3. The molecule has 7 heteroatoms. The third-order valence-corrected chi connectivity index (χ3v) is 5.88. The quantitative estimate of drug-likeness (QED) is 0.797. The summed E-state index contributed by atoms with van der Waals surface area (Å²) in [5.74, 6) is -1.65. The van der Waals surface area contributed by atoms with Gasteiger partial charge in [-0.1, -0.05) is 18.2 Å². The lowest BCUT2D eigenvalue weighted by atomic mass is 10.1. The van der Waals surface area contributed by atoms with E-state index in [4.69, 9.17) is 9.47 Å². The highest BCUT2D eigenvalue weighted by Crippen LogP contribution is 2.45. The topological polar surface area (TPSA) is 45.3 Å². The van der Waals surface area contributed by atoms with Crippen molar-refractivity contribution in [3.8, 4) is 0 Å². The number of anilines is 2. The average Bonchev–Trinajstić information content (AvgIpc) is 2.98. The first kappa shape index (κ1) is 18.5. The lowest BCUT2D eigenvalue weighted by molar-refractivity contribution is -0.256. The SMILES string of the molecule is O=C1N(CN2CCN(c3ccc(F)cc3)CC2)c2ccccc2C12OCCCO2. The number of benzene rings is 2. The molecule has 3 heterocycles. The van der Waals surface area contributed by atoms with E-state index in [1.807, 2.05) is 36.4 Å². The van der Waals surface area contributed by atoms with E-state index in [1.54, 1.807) is 4.90 Å². The molecule has 0 aliphatic carbocycles. The van der Waals surface area contributed by atoms with Crippen LogP contribution in [-0.2, 0) is 20.1 Å². The third kappa shape index (κ3) is 3.19. The highest BCUT2D eigenvalue weighted by atomic mass is 19.1. The number of hydrogen-bond donors (Lipinski definition) is 0. The van der Waals surface area contributed by atoms with Gasteiger partial charge in [0, 0.05) is 37.4 Å². The fraction of sp³-hybridized carbons (Fsp3) is 0.409. The Hall–Kier alpha value is -2.48. The second-order valence-corrected chi connectivity index (χ2v) is 7.64. The Balaban J connectivity index is 1.30. The molecule has 0 radical (unpaired) electrons. The maximum Gasteiger partial charge on any atom is 0.293 e. The van der Waals surface area contributed by atoms with Crippen LogP contribution in [0.5, 0.6) is 0 Å². The summed E-state index contributed by atoms with van der Waals surface area (Å²) in [7, 11) is 0. The number of rotatable bonds is 3. The molecule has 0 bridgehead atoms. The van der Waals surface area contributed by atoms with Gasteiger partial charge in [-0.05, 0) is 36.8 Å². The van der Waals surface area contributed by atoms with Crippen LogP contribution in [0.25, 0.3) is 0 Å². The van der Waals surface area contributed by atoms with Crippen LogP contribution >= 0.6 is 0 Å². The first-order valence-electron chi connectivity index (χ1n) is 10.1. The lowest BCUT2D eigenvalue weighted by Crippen LogP contribution is -2.53. The first-order chi connectivity index (χ1) is 14.2. The van der Waals surface area contributed by atoms with Crippen molar-refractivity contribution in [2.45, 2.75) is 12.2 Å². The van der Waals surface area contributed by atoms with Gasteiger partial charge in [0.05, 0.1) is 25.6 Å². The van der Waals surface area contributed by atoms with Crippen molar-refractivity contribution in [1.82, 2.24) is 4.90 Å². The number of hydrogen-bond acceptors (Lipinski definition) is 5. The number of halogens is 1. The summed E-state index contributed by atoms with van der Waals surface area (Å²) in [5.41, 5.74) is 2.69. The Kier molecular flexibility index (Phi) is 4.73. The van der Waals surface area contributed by atoms with Gasteiger partial charge < -0.3 is 14.4 Å². The molecule has 29 heavy (non-hydrogen) atoms. The number of piperazine rings is 1. The summed E-state index contributed by atoms with van der Waals surface area (Å²) >= 11 is 0. The summed E-state index contributed by atoms with van der Waals surface area (Å²) < 4.78 is 25.0. The lowest BCUT2D eigenvalue weighted by Gasteiger charge is -2.38. The molecule has 3 aliphatic heterocycles. The number of ether oxygens (including phenoxy) is 2. The molecule has 0 aromatic heterocycles. The first-order valence-corrected chi connectivity index (χ1v) is 10.1. The van der Waals surface area contributed by atoms with Gasteiger partial charge in [-0.2, -0.15) is 0 Å². The summed E-state index contributed by atoms with van der Waals surface area (Å²) in [6.07, 6.45) is 0.794. The molecule has 0 N–H and O–H groups in total. The van der Waals surface area contributed by atoms with Crippen LogP contribution < -0.4 is 9.80 Å². The van der Waals surface area contributed by atoms with Gasteiger partial charge in [0.2, 0.25) is 0 Å². The number of fused-ring (bicyclic) bond motifs is 2. The zero-order valence-corrected chi connectivity index (χ0v) is 16.2. The van der Waals surface area contributed by atoms with Crippen LogP contribution in [0.4, 0.5) is 15.8 Å². The molecule has 2 saturated heterocycles. The van der Waals surface area contributed by atoms with Crippen molar-refractivity contribution in [3.05, 3.63) is 59.9 Å². The maximum atomic E-state index is 13.3. The Morgan fingerprint density at radius 2 is 1.62 bits per heavy atom. The van der Waals surface area contributed by atoms with Crippen LogP contribution in [0.2, 0.25) is 0 Å². The van der Waals surface area contributed by atoms with E-state index in [-0.39, 0.29) is 11.7 Å². The molecule has 1 amide bonds. The van der Waals surface area contributed by atoms with E-state index in [2.05, 4.69) is 9.80 Å². The van der Waals surface area contributed by atoms with Gasteiger partial charge in [0.1, 0.15) is 5.82 Å². The molecule has 3 aliphatic rings. The fourth-order valence-corrected chi connectivity index (χ4v) is 4.34. The Bertz CT molecular complexity index is 890. The standard InChI is InChI=1S/C22H24FN3O3/c23-17-6-8-18(9-7-17)25-12-10-24(11-13-25)16-26-20-5-2-1-4-19(20)22(21(26)27)28-14-3-15-29-22/h1-2,4-9H,3,10-16H2. The third-order valence-electron chi connectivity index (χ3n) is 5.88. The van der Waals surface area contributed by atoms with Gasteiger partial charge in [0.15, 0.2) is 0 Å². The number of para-hydroxylation sites is 1. The van der Waals surface area contributed by atoms with E-state index >= 15 is 0 Å². The molecule has 152 valence electrons. The molecular weight excluding hydrogens is 373 g/mol. The van der Waals surface area contributed by atoms with E-state index < -0.39 is 5.79 Å². The van der Waals surface area contributed by atoms with Crippen LogP contribution in [0.1, 0.15) is 12.0 Å². The smallest absolute Gasteiger partial charge is 0.293 e. The Morgan fingerprint density at radius 3 is 2.34 bits per heavy atom. The number of carbonyl (C=O) groups excluding carboxylic acids is 1. The second kappa shape index (κ2) is 7.40. The molecule has 0 unspecified atom stereocenters. The molecule has 6 nitrogen and oxygen atoms in total. The Morgan fingerprint density at radius 1 is 0.931 bits per heavy atom. The monoisotopic (exact) mass is 397 g/mol. The van der Waals surface area contributed by atoms with Crippen molar-refractivity contribution in [2.24, 2.45) is 0 Å². The van der Waals surface area contributed by atoms with Gasteiger partial charge in [-0.25, -0.2) is 4.39 Å². The maximum absolute atomic E-state index is 13.3. The van der Waals surface area contributed by atoms with E-state index in [0.717, 1.165) is 49.5 Å². The number of carbonyl (C=O) groups is 1. The van der Waals surface area contributed by atoms with E-state index in [0.29, 0.717) is 19.9 Å². The molecule has 2 fully saturated rings. The van der Waals surface area contributed by atoms with Gasteiger partial charge in [-0.15, -0.1) is 0 Å². The van der Waals surface area contributed by atoms with Gasteiger partial charge >= 0.3 is 0 Å². The predicted molar refractivity (Wildman–Crippen MR) is 107 cm³/mol. The molecule has 0 saturated carbocycles. The summed E-state index contributed by atoms with van der Waals surface area (Å²) in [6, 6.07) is 14.3. The second-order valence-electron chi connectivity index (χ2n) is 7.64. The van der Waals surface area contributed by atoms with Crippen molar-refractivity contribution in [2.75, 3.05) is 55.9 Å². The van der Waals surface area contributed by atoms with Gasteiger partial charge in [-0.3, -0.25) is 14.6 Å². The zero-order valence-electron chi connectivity index (χ0n) is 16.2. The number of nitrogens with zero attached hydrogens (tertiary/aromatic N) is 3. The van der Waals surface area contributed by atoms with Crippen molar-refractivity contribution >= 4 is 17.3 Å². The predicted octanol–water partition coefficient (Wildman–Crippen LogP) is 2.54. The molecule has 2 aromatic carbocycles. The molecule has 5 rings (SSSR count). The minimum Gasteiger partial charge on any atom is -0.369 e. The molecule has 0 atom stereocenters. The van der Waals surface area contributed by atoms with Crippen molar-refractivity contribution in [3.63, 3.8) is 0 Å². The summed E-state index contributed by atoms with van der Waals surface area (Å²) in [6.45, 7) is 4.83. The van der Waals surface area contributed by atoms with Crippen LogP contribution in [0, 0.1) is 5.82 Å². The van der Waals surface area contributed by atoms with Crippen molar-refractivity contribution < 1.29 is 18.7 Å². The molecule has 2 aromatic rings. The van der Waals surface area contributed by atoms with Crippen LogP contribution in [0.15, 0.2) is 48.5 Å². The summed E-state index contributed by atoms with van der Waals surface area (Å²) in [5, 5.41) is 0. The normalized spacial score (nSPS) is 21.6. The van der Waals surface area contributed by atoms with E-state index in [9.17, 15) is 9.18 Å².